The van der Waals surface area contributed by atoms with E-state index >= 15 is 0 Å². The second-order valence-corrected chi connectivity index (χ2v) is 10.1. The van der Waals surface area contributed by atoms with Gasteiger partial charge in [0.15, 0.2) is 5.13 Å². The van der Waals surface area contributed by atoms with E-state index in [1.165, 1.54) is 28.9 Å². The summed E-state index contributed by atoms with van der Waals surface area (Å²) in [5, 5.41) is 4.30. The van der Waals surface area contributed by atoms with Gasteiger partial charge in [0.1, 0.15) is 0 Å². The van der Waals surface area contributed by atoms with Gasteiger partial charge in [0, 0.05) is 51.7 Å². The van der Waals surface area contributed by atoms with Gasteiger partial charge in [-0.3, -0.25) is 4.79 Å². The molecule has 2 fully saturated rings. The maximum atomic E-state index is 12.6. The van der Waals surface area contributed by atoms with Crippen molar-refractivity contribution >= 4 is 32.6 Å². The van der Waals surface area contributed by atoms with Crippen molar-refractivity contribution < 1.29 is 4.79 Å². The van der Waals surface area contributed by atoms with Crippen molar-refractivity contribution in [3.05, 3.63) is 23.3 Å². The zero-order valence-corrected chi connectivity index (χ0v) is 20.1. The van der Waals surface area contributed by atoms with Gasteiger partial charge in [-0.1, -0.05) is 24.3 Å². The fourth-order valence-electron chi connectivity index (χ4n) is 4.81. The second-order valence-electron chi connectivity index (χ2n) is 9.11. The quantitative estimate of drug-likeness (QED) is 0.666. The van der Waals surface area contributed by atoms with Gasteiger partial charge >= 0.3 is 0 Å². The van der Waals surface area contributed by atoms with Crippen molar-refractivity contribution in [2.24, 2.45) is 5.92 Å². The molecular weight excluding hydrogens is 406 g/mol. The van der Waals surface area contributed by atoms with Gasteiger partial charge in [-0.15, -0.1) is 0 Å². The standard InChI is InChI=1S/C24H37N5OS/c1-4-27-12-14-28(15-13-27)9-5-8-25-23(30)20-6-10-29(11-7-20)24-26-22-19(3)16-18(2)17-21(22)31-24/h16-17,20H,4-15H2,1-3H3,(H,25,30). The van der Waals surface area contributed by atoms with E-state index in [2.05, 4.69) is 52.9 Å². The molecule has 0 bridgehead atoms. The van der Waals surface area contributed by atoms with Crippen LogP contribution in [-0.2, 0) is 4.79 Å². The van der Waals surface area contributed by atoms with Gasteiger partial charge in [-0.25, -0.2) is 4.98 Å². The van der Waals surface area contributed by atoms with Crippen LogP contribution in [0.5, 0.6) is 0 Å². The summed E-state index contributed by atoms with van der Waals surface area (Å²) in [5.41, 5.74) is 3.67. The predicted octanol–water partition coefficient (Wildman–Crippen LogP) is 3.27. The highest BCUT2D eigenvalue weighted by Gasteiger charge is 2.26. The number of thiazole rings is 1. The number of nitrogens with zero attached hydrogens (tertiary/aromatic N) is 4. The van der Waals surface area contributed by atoms with Crippen LogP contribution in [0.15, 0.2) is 12.1 Å². The first-order valence-corrected chi connectivity index (χ1v) is 12.7. The third-order valence-corrected chi connectivity index (χ3v) is 7.88. The molecule has 7 heteroatoms. The highest BCUT2D eigenvalue weighted by atomic mass is 32.1. The molecule has 0 saturated carbocycles. The van der Waals surface area contributed by atoms with Crippen molar-refractivity contribution in [2.45, 2.75) is 40.0 Å². The summed E-state index contributed by atoms with van der Waals surface area (Å²) < 4.78 is 1.27. The molecule has 2 aliphatic rings. The lowest BCUT2D eigenvalue weighted by Gasteiger charge is -2.34. The molecule has 31 heavy (non-hydrogen) atoms. The number of piperazine rings is 1. The Morgan fingerprint density at radius 2 is 1.81 bits per heavy atom. The van der Waals surface area contributed by atoms with Crippen molar-refractivity contribution in [3.8, 4) is 0 Å². The summed E-state index contributed by atoms with van der Waals surface area (Å²) in [5.74, 6) is 0.383. The van der Waals surface area contributed by atoms with E-state index in [0.717, 1.165) is 75.7 Å². The minimum atomic E-state index is 0.141. The molecule has 2 aliphatic heterocycles. The summed E-state index contributed by atoms with van der Waals surface area (Å²) in [7, 11) is 0. The Kier molecular flexibility index (Phi) is 7.46. The summed E-state index contributed by atoms with van der Waals surface area (Å²) in [6, 6.07) is 4.43. The lowest BCUT2D eigenvalue weighted by atomic mass is 9.96. The van der Waals surface area contributed by atoms with Crippen LogP contribution in [0, 0.1) is 19.8 Å². The van der Waals surface area contributed by atoms with Crippen molar-refractivity contribution in [1.82, 2.24) is 20.1 Å². The number of carbonyl (C=O) groups is 1. The van der Waals surface area contributed by atoms with E-state index in [9.17, 15) is 4.79 Å². The number of aryl methyl sites for hydroxylation is 2. The number of fused-ring (bicyclic) bond motifs is 1. The van der Waals surface area contributed by atoms with E-state index in [4.69, 9.17) is 4.98 Å². The molecule has 1 N–H and O–H groups in total. The molecule has 0 aliphatic carbocycles. The van der Waals surface area contributed by atoms with Crippen LogP contribution in [0.25, 0.3) is 10.2 Å². The molecule has 0 atom stereocenters. The molecule has 0 unspecified atom stereocenters. The number of hydrogen-bond donors (Lipinski definition) is 1. The number of carbonyl (C=O) groups excluding carboxylic acids is 1. The average Bonchev–Trinajstić information content (AvgIpc) is 3.21. The Bertz CT molecular complexity index is 881. The number of piperidine rings is 1. The van der Waals surface area contributed by atoms with E-state index in [0.29, 0.717) is 0 Å². The van der Waals surface area contributed by atoms with Gasteiger partial charge in [-0.05, 0) is 63.4 Å². The van der Waals surface area contributed by atoms with Crippen molar-refractivity contribution in [1.29, 1.82) is 0 Å². The van der Waals surface area contributed by atoms with Crippen LogP contribution in [0.1, 0.15) is 37.3 Å². The van der Waals surface area contributed by atoms with Crippen LogP contribution >= 0.6 is 11.3 Å². The largest absolute Gasteiger partial charge is 0.356 e. The van der Waals surface area contributed by atoms with Crippen LogP contribution in [0.2, 0.25) is 0 Å². The normalized spacial score (nSPS) is 19.3. The number of nitrogens with one attached hydrogen (secondary N) is 1. The van der Waals surface area contributed by atoms with Gasteiger partial charge in [0.2, 0.25) is 5.91 Å². The molecule has 0 radical (unpaired) electrons. The fourth-order valence-corrected chi connectivity index (χ4v) is 6.01. The molecule has 1 aromatic carbocycles. The van der Waals surface area contributed by atoms with E-state index < -0.39 is 0 Å². The lowest BCUT2D eigenvalue weighted by Crippen LogP contribution is -2.46. The van der Waals surface area contributed by atoms with Crippen molar-refractivity contribution in [3.63, 3.8) is 0 Å². The van der Waals surface area contributed by atoms with Crippen LogP contribution in [0.3, 0.4) is 0 Å². The first-order valence-electron chi connectivity index (χ1n) is 11.9. The van der Waals surface area contributed by atoms with Gasteiger partial charge in [-0.2, -0.15) is 0 Å². The van der Waals surface area contributed by atoms with Crippen molar-refractivity contribution in [2.75, 3.05) is 63.8 Å². The predicted molar refractivity (Wildman–Crippen MR) is 130 cm³/mol. The molecule has 170 valence electrons. The maximum absolute atomic E-state index is 12.6. The Balaban J connectivity index is 1.18. The average molecular weight is 444 g/mol. The SMILES string of the molecule is CCN1CCN(CCCNC(=O)C2CCN(c3nc4c(C)cc(C)cc4s3)CC2)CC1. The highest BCUT2D eigenvalue weighted by Crippen LogP contribution is 2.33. The van der Waals surface area contributed by atoms with Gasteiger partial charge < -0.3 is 20.0 Å². The second kappa shape index (κ2) is 10.3. The van der Waals surface area contributed by atoms with E-state index in [1.54, 1.807) is 11.3 Å². The Morgan fingerprint density at radius 1 is 1.10 bits per heavy atom. The number of benzene rings is 1. The van der Waals surface area contributed by atoms with Crippen LogP contribution in [-0.4, -0.2) is 79.6 Å². The third kappa shape index (κ3) is 5.57. The number of hydrogen-bond acceptors (Lipinski definition) is 6. The minimum Gasteiger partial charge on any atom is -0.356 e. The molecule has 2 saturated heterocycles. The zero-order valence-electron chi connectivity index (χ0n) is 19.3. The molecule has 3 heterocycles. The van der Waals surface area contributed by atoms with E-state index in [-0.39, 0.29) is 11.8 Å². The van der Waals surface area contributed by atoms with Gasteiger partial charge in [0.05, 0.1) is 10.2 Å². The first-order chi connectivity index (χ1) is 15.0. The lowest BCUT2D eigenvalue weighted by molar-refractivity contribution is -0.125. The molecule has 1 amide bonds. The first kappa shape index (κ1) is 22.5. The van der Waals surface area contributed by atoms with E-state index in [1.807, 2.05) is 0 Å². The monoisotopic (exact) mass is 443 g/mol. The number of amides is 1. The molecule has 0 spiro atoms. The molecule has 2 aromatic rings. The Labute approximate surface area is 190 Å². The number of likely N-dealkylation sites (N-methyl/N-ethyl adjacent to an activating group) is 1. The number of rotatable bonds is 7. The Hall–Kier alpha value is -1.70. The highest BCUT2D eigenvalue weighted by molar-refractivity contribution is 7.22. The minimum absolute atomic E-state index is 0.141. The Morgan fingerprint density at radius 3 is 2.52 bits per heavy atom. The smallest absolute Gasteiger partial charge is 0.223 e. The molecule has 4 rings (SSSR count). The zero-order chi connectivity index (χ0) is 21.8. The van der Waals surface area contributed by atoms with Crippen LogP contribution < -0.4 is 10.2 Å². The summed E-state index contributed by atoms with van der Waals surface area (Å²) in [4.78, 5) is 24.9. The third-order valence-electron chi connectivity index (χ3n) is 6.82. The summed E-state index contributed by atoms with van der Waals surface area (Å²) >= 11 is 1.78. The molecule has 6 nitrogen and oxygen atoms in total. The van der Waals surface area contributed by atoms with Gasteiger partial charge in [0.25, 0.3) is 0 Å². The summed E-state index contributed by atoms with van der Waals surface area (Å²) in [6.45, 7) is 16.0. The molecule has 1 aromatic heterocycles. The molecular formula is C24H37N5OS. The topological polar surface area (TPSA) is 51.7 Å². The number of anilines is 1. The maximum Gasteiger partial charge on any atom is 0.223 e. The summed E-state index contributed by atoms with van der Waals surface area (Å²) in [6.07, 6.45) is 2.87. The number of aromatic nitrogens is 1. The fraction of sp³-hybridized carbons (Fsp3) is 0.667. The van der Waals surface area contributed by atoms with Crippen LogP contribution in [0.4, 0.5) is 5.13 Å².